The molecule has 8 heteroatoms. The summed E-state index contributed by atoms with van der Waals surface area (Å²) in [6.45, 7) is 8.95. The maximum Gasteiger partial charge on any atom is 0.191 e. The summed E-state index contributed by atoms with van der Waals surface area (Å²) in [5, 5.41) is 21.5. The number of aromatic nitrogens is 2. The largest absolute Gasteiger partial charge is 0.383 e. The molecule has 0 saturated carbocycles. The van der Waals surface area contributed by atoms with E-state index in [1.165, 1.54) is 49.9 Å². The number of aliphatic hydroxyl groups is 1. The van der Waals surface area contributed by atoms with Crippen LogP contribution in [0.15, 0.2) is 41.7 Å². The summed E-state index contributed by atoms with van der Waals surface area (Å²) >= 11 is 0. The van der Waals surface area contributed by atoms with Gasteiger partial charge in [0, 0.05) is 31.9 Å². The third-order valence-electron chi connectivity index (χ3n) is 5.79. The van der Waals surface area contributed by atoms with Crippen LogP contribution in [0.1, 0.15) is 56.2 Å². The summed E-state index contributed by atoms with van der Waals surface area (Å²) in [7, 11) is 1.85. The molecule has 1 aromatic heterocycles. The van der Waals surface area contributed by atoms with Crippen LogP contribution in [-0.2, 0) is 25.7 Å². The number of rotatable bonds is 8. The summed E-state index contributed by atoms with van der Waals surface area (Å²) < 4.78 is 1.70. The molecule has 0 amide bonds. The molecule has 1 fully saturated rings. The van der Waals surface area contributed by atoms with Gasteiger partial charge in [-0.1, -0.05) is 37.1 Å². The van der Waals surface area contributed by atoms with Crippen molar-refractivity contribution in [3.8, 4) is 0 Å². The van der Waals surface area contributed by atoms with Gasteiger partial charge in [0.15, 0.2) is 5.96 Å². The lowest BCUT2D eigenvalue weighted by Crippen LogP contribution is -2.44. The number of benzene rings is 1. The highest BCUT2D eigenvalue weighted by molar-refractivity contribution is 14.0. The van der Waals surface area contributed by atoms with Crippen LogP contribution in [0.4, 0.5) is 0 Å². The fourth-order valence-electron chi connectivity index (χ4n) is 3.95. The summed E-state index contributed by atoms with van der Waals surface area (Å²) in [5.74, 6) is 0.699. The first kappa shape index (κ1) is 26.6. The Morgan fingerprint density at radius 2 is 1.88 bits per heavy atom. The van der Waals surface area contributed by atoms with Gasteiger partial charge in [0.25, 0.3) is 0 Å². The summed E-state index contributed by atoms with van der Waals surface area (Å²) in [6.07, 6.45) is 8.87. The molecular weight excluding hydrogens is 515 g/mol. The van der Waals surface area contributed by atoms with Crippen LogP contribution in [-0.4, -0.2) is 51.9 Å². The molecule has 3 rings (SSSR count). The van der Waals surface area contributed by atoms with Crippen LogP contribution in [0.5, 0.6) is 0 Å². The van der Waals surface area contributed by atoms with Crippen molar-refractivity contribution in [1.29, 1.82) is 0 Å². The molecule has 1 aromatic carbocycles. The van der Waals surface area contributed by atoms with Gasteiger partial charge in [-0.3, -0.25) is 9.58 Å². The molecule has 1 saturated heterocycles. The van der Waals surface area contributed by atoms with Gasteiger partial charge in [0.05, 0.1) is 19.3 Å². The van der Waals surface area contributed by atoms with Crippen molar-refractivity contribution in [2.75, 3.05) is 26.2 Å². The zero-order valence-corrected chi connectivity index (χ0v) is 22.0. The molecule has 3 N–H and O–H groups in total. The van der Waals surface area contributed by atoms with Crippen LogP contribution >= 0.6 is 24.0 Å². The number of hydrogen-bond donors (Lipinski definition) is 3. The smallest absolute Gasteiger partial charge is 0.191 e. The Morgan fingerprint density at radius 3 is 2.53 bits per heavy atom. The van der Waals surface area contributed by atoms with Crippen molar-refractivity contribution in [2.45, 2.75) is 58.2 Å². The Bertz CT molecular complexity index is 843. The third kappa shape index (κ3) is 8.37. The van der Waals surface area contributed by atoms with Crippen molar-refractivity contribution in [3.05, 3.63) is 53.3 Å². The van der Waals surface area contributed by atoms with Crippen LogP contribution in [0, 0.1) is 0 Å². The average molecular weight is 555 g/mol. The Hall–Kier alpha value is -1.65. The zero-order chi connectivity index (χ0) is 22.1. The summed E-state index contributed by atoms with van der Waals surface area (Å²) in [5.41, 5.74) is 2.30. The minimum Gasteiger partial charge on any atom is -0.383 e. The zero-order valence-electron chi connectivity index (χ0n) is 19.7. The van der Waals surface area contributed by atoms with Crippen molar-refractivity contribution in [3.63, 3.8) is 0 Å². The Balaban J connectivity index is 0.00000363. The maximum atomic E-state index is 10.8. The molecule has 32 heavy (non-hydrogen) atoms. The molecule has 2 aromatic rings. The van der Waals surface area contributed by atoms with Gasteiger partial charge in [-0.25, -0.2) is 4.99 Å². The standard InChI is InChI=1S/C24H38N6O.HI/c1-4-25-23(27-19-24(2,31)22-16-28-29(3)18-22)26-15-20-10-9-11-21(14-20)17-30-12-7-5-6-8-13-30;/h9-11,14,16,18,31H,4-8,12-13,15,17,19H2,1-3H3,(H2,25,26,27);1H. The predicted molar refractivity (Wildman–Crippen MR) is 141 cm³/mol. The topological polar surface area (TPSA) is 77.7 Å². The van der Waals surface area contributed by atoms with Crippen LogP contribution in [0.25, 0.3) is 0 Å². The highest BCUT2D eigenvalue weighted by atomic mass is 127. The highest BCUT2D eigenvalue weighted by Gasteiger charge is 2.25. The molecule has 1 aliphatic heterocycles. The molecule has 0 bridgehead atoms. The highest BCUT2D eigenvalue weighted by Crippen LogP contribution is 2.18. The lowest BCUT2D eigenvalue weighted by Gasteiger charge is -2.23. The van der Waals surface area contributed by atoms with Crippen molar-refractivity contribution < 1.29 is 5.11 Å². The third-order valence-corrected chi connectivity index (χ3v) is 5.79. The molecule has 1 atom stereocenters. The van der Waals surface area contributed by atoms with Gasteiger partial charge >= 0.3 is 0 Å². The van der Waals surface area contributed by atoms with E-state index in [4.69, 9.17) is 4.99 Å². The second kappa shape index (κ2) is 13.2. The van der Waals surface area contributed by atoms with E-state index in [9.17, 15) is 5.11 Å². The Labute approximate surface area is 209 Å². The van der Waals surface area contributed by atoms with E-state index in [2.05, 4.69) is 44.9 Å². The number of hydrogen-bond acceptors (Lipinski definition) is 4. The Morgan fingerprint density at radius 1 is 1.16 bits per heavy atom. The van der Waals surface area contributed by atoms with Gasteiger partial charge in [-0.2, -0.15) is 5.10 Å². The van der Waals surface area contributed by atoms with E-state index in [1.54, 1.807) is 17.8 Å². The van der Waals surface area contributed by atoms with Gasteiger partial charge in [0.2, 0.25) is 0 Å². The molecule has 0 radical (unpaired) electrons. The number of nitrogens with zero attached hydrogens (tertiary/aromatic N) is 4. The van der Waals surface area contributed by atoms with E-state index in [1.807, 2.05) is 20.2 Å². The van der Waals surface area contributed by atoms with E-state index in [-0.39, 0.29) is 24.0 Å². The SMILES string of the molecule is CCNC(=NCc1cccc(CN2CCCCCC2)c1)NCC(C)(O)c1cnn(C)c1.I. The van der Waals surface area contributed by atoms with E-state index >= 15 is 0 Å². The van der Waals surface area contributed by atoms with E-state index in [0.29, 0.717) is 19.0 Å². The maximum absolute atomic E-state index is 10.8. The number of halogens is 1. The number of aryl methyl sites for hydroxylation is 1. The summed E-state index contributed by atoms with van der Waals surface area (Å²) in [4.78, 5) is 7.31. The second-order valence-electron chi connectivity index (χ2n) is 8.74. The van der Waals surface area contributed by atoms with Crippen molar-refractivity contribution >= 4 is 29.9 Å². The minimum atomic E-state index is -1.03. The average Bonchev–Trinajstić information content (AvgIpc) is 3.04. The number of likely N-dealkylation sites (tertiary alicyclic amines) is 1. The molecule has 0 spiro atoms. The predicted octanol–water partition coefficient (Wildman–Crippen LogP) is 3.38. The fraction of sp³-hybridized carbons (Fsp3) is 0.583. The second-order valence-corrected chi connectivity index (χ2v) is 8.74. The minimum absolute atomic E-state index is 0. The van der Waals surface area contributed by atoms with Crippen LogP contribution < -0.4 is 10.6 Å². The van der Waals surface area contributed by atoms with E-state index in [0.717, 1.165) is 18.7 Å². The molecule has 1 unspecified atom stereocenters. The lowest BCUT2D eigenvalue weighted by molar-refractivity contribution is 0.0616. The van der Waals surface area contributed by atoms with E-state index < -0.39 is 5.60 Å². The lowest BCUT2D eigenvalue weighted by atomic mass is 10.00. The van der Waals surface area contributed by atoms with Gasteiger partial charge < -0.3 is 15.7 Å². The van der Waals surface area contributed by atoms with Gasteiger partial charge in [0.1, 0.15) is 5.60 Å². The van der Waals surface area contributed by atoms with Crippen LogP contribution in [0.3, 0.4) is 0 Å². The van der Waals surface area contributed by atoms with Crippen molar-refractivity contribution in [2.24, 2.45) is 12.0 Å². The van der Waals surface area contributed by atoms with Gasteiger partial charge in [-0.05, 0) is 50.9 Å². The fourth-order valence-corrected chi connectivity index (χ4v) is 3.95. The first-order valence-electron chi connectivity index (χ1n) is 11.5. The Kier molecular flexibility index (Phi) is 10.9. The first-order valence-corrected chi connectivity index (χ1v) is 11.5. The number of aliphatic imine (C=N–C) groups is 1. The van der Waals surface area contributed by atoms with Gasteiger partial charge in [-0.15, -0.1) is 24.0 Å². The molecular formula is C24H39IN6O. The molecule has 7 nitrogen and oxygen atoms in total. The number of guanidine groups is 1. The quantitative estimate of drug-likeness (QED) is 0.265. The normalized spacial score (nSPS) is 17.2. The summed E-state index contributed by atoms with van der Waals surface area (Å²) in [6, 6.07) is 8.74. The van der Waals surface area contributed by atoms with Crippen LogP contribution in [0.2, 0.25) is 0 Å². The monoisotopic (exact) mass is 554 g/mol. The molecule has 178 valence electrons. The number of nitrogens with one attached hydrogen (secondary N) is 2. The molecule has 2 heterocycles. The van der Waals surface area contributed by atoms with Crippen molar-refractivity contribution in [1.82, 2.24) is 25.3 Å². The molecule has 0 aliphatic carbocycles. The first-order chi connectivity index (χ1) is 15.0. The molecule has 1 aliphatic rings.